The Labute approximate surface area is 93.0 Å². The molecule has 1 atom stereocenters. The Kier molecular flexibility index (Phi) is 5.09. The predicted molar refractivity (Wildman–Crippen MR) is 62.5 cm³/mol. The van der Waals surface area contributed by atoms with Crippen molar-refractivity contribution in [1.82, 2.24) is 4.90 Å². The van der Waals surface area contributed by atoms with E-state index in [4.69, 9.17) is 5.73 Å². The normalized spacial score (nSPS) is 19.1. The van der Waals surface area contributed by atoms with Crippen LogP contribution in [0.25, 0.3) is 0 Å². The molecule has 1 fully saturated rings. The number of carbonyl (C=O) groups excluding carboxylic acids is 1. The van der Waals surface area contributed by atoms with Crippen LogP contribution in [0.15, 0.2) is 0 Å². The second kappa shape index (κ2) is 6.11. The first kappa shape index (κ1) is 12.5. The van der Waals surface area contributed by atoms with Crippen molar-refractivity contribution >= 4 is 5.91 Å². The summed E-state index contributed by atoms with van der Waals surface area (Å²) in [6, 6.07) is 0.503. The van der Waals surface area contributed by atoms with Gasteiger partial charge in [-0.3, -0.25) is 4.79 Å². The molecule has 1 aliphatic rings. The Hall–Kier alpha value is -0.570. The second-order valence-electron chi connectivity index (χ2n) is 4.54. The van der Waals surface area contributed by atoms with Gasteiger partial charge in [0.25, 0.3) is 0 Å². The lowest BCUT2D eigenvalue weighted by atomic mass is 10.0. The van der Waals surface area contributed by atoms with Crippen LogP contribution in [0, 0.1) is 5.92 Å². The molecule has 0 heterocycles. The third kappa shape index (κ3) is 3.20. The van der Waals surface area contributed by atoms with E-state index in [-0.39, 0.29) is 5.92 Å². The van der Waals surface area contributed by atoms with Crippen molar-refractivity contribution in [3.63, 3.8) is 0 Å². The molecule has 0 bridgehead atoms. The molecule has 0 aromatic carbocycles. The molecule has 1 saturated carbocycles. The summed E-state index contributed by atoms with van der Waals surface area (Å²) in [4.78, 5) is 14.2. The quantitative estimate of drug-likeness (QED) is 0.755. The molecule has 0 aliphatic heterocycles. The van der Waals surface area contributed by atoms with Crippen LogP contribution in [0.1, 0.15) is 46.0 Å². The molecule has 3 nitrogen and oxygen atoms in total. The zero-order valence-electron chi connectivity index (χ0n) is 10.0. The lowest BCUT2D eigenvalue weighted by Crippen LogP contribution is -2.42. The summed E-state index contributed by atoms with van der Waals surface area (Å²) >= 11 is 0. The monoisotopic (exact) mass is 212 g/mol. The molecule has 2 N–H and O–H groups in total. The highest BCUT2D eigenvalue weighted by Crippen LogP contribution is 2.24. The second-order valence-corrected chi connectivity index (χ2v) is 4.54. The number of hydrogen-bond acceptors (Lipinski definition) is 2. The van der Waals surface area contributed by atoms with Crippen molar-refractivity contribution < 1.29 is 4.79 Å². The van der Waals surface area contributed by atoms with E-state index in [0.29, 0.717) is 18.5 Å². The summed E-state index contributed by atoms with van der Waals surface area (Å²) in [6.07, 6.45) is 5.74. The molecule has 0 aromatic rings. The van der Waals surface area contributed by atoms with Crippen LogP contribution >= 0.6 is 0 Å². The van der Waals surface area contributed by atoms with Gasteiger partial charge in [-0.1, -0.05) is 19.8 Å². The minimum Gasteiger partial charge on any atom is -0.340 e. The standard InChI is InChI=1S/C12H24N2O/c1-3-14(11-6-4-5-7-11)12(15)10(2)8-9-13/h10-11H,3-9,13H2,1-2H3. The van der Waals surface area contributed by atoms with E-state index >= 15 is 0 Å². The predicted octanol–water partition coefficient (Wildman–Crippen LogP) is 1.76. The van der Waals surface area contributed by atoms with Gasteiger partial charge >= 0.3 is 0 Å². The summed E-state index contributed by atoms with van der Waals surface area (Å²) in [5.41, 5.74) is 5.49. The molecular formula is C12H24N2O. The SMILES string of the molecule is CCN(C(=O)C(C)CCN)C1CCCC1. The van der Waals surface area contributed by atoms with Gasteiger partial charge in [0, 0.05) is 18.5 Å². The first-order valence-electron chi connectivity index (χ1n) is 6.21. The summed E-state index contributed by atoms with van der Waals surface area (Å²) in [5, 5.41) is 0. The topological polar surface area (TPSA) is 46.3 Å². The summed E-state index contributed by atoms with van der Waals surface area (Å²) < 4.78 is 0. The fraction of sp³-hybridized carbons (Fsp3) is 0.917. The number of amides is 1. The molecule has 3 heteroatoms. The van der Waals surface area contributed by atoms with Gasteiger partial charge < -0.3 is 10.6 Å². The molecule has 1 aliphatic carbocycles. The van der Waals surface area contributed by atoms with Crippen LogP contribution in [0.3, 0.4) is 0 Å². The summed E-state index contributed by atoms with van der Waals surface area (Å²) in [5.74, 6) is 0.394. The van der Waals surface area contributed by atoms with Crippen LogP contribution < -0.4 is 5.73 Å². The van der Waals surface area contributed by atoms with Crippen LogP contribution in [-0.4, -0.2) is 29.9 Å². The minimum absolute atomic E-state index is 0.0931. The van der Waals surface area contributed by atoms with Crippen molar-refractivity contribution in [2.24, 2.45) is 11.7 Å². The highest BCUT2D eigenvalue weighted by atomic mass is 16.2. The van der Waals surface area contributed by atoms with Crippen molar-refractivity contribution in [2.45, 2.75) is 52.0 Å². The molecule has 0 spiro atoms. The van der Waals surface area contributed by atoms with Crippen molar-refractivity contribution in [1.29, 1.82) is 0 Å². The molecule has 1 amide bonds. The lowest BCUT2D eigenvalue weighted by Gasteiger charge is -2.30. The van der Waals surface area contributed by atoms with E-state index in [9.17, 15) is 4.79 Å². The molecule has 0 radical (unpaired) electrons. The van der Waals surface area contributed by atoms with Crippen LogP contribution in [-0.2, 0) is 4.79 Å². The van der Waals surface area contributed by atoms with Gasteiger partial charge in [-0.2, -0.15) is 0 Å². The highest BCUT2D eigenvalue weighted by molar-refractivity contribution is 5.78. The first-order chi connectivity index (χ1) is 7.20. The molecule has 0 saturated heterocycles. The number of rotatable bonds is 5. The Bertz CT molecular complexity index is 200. The van der Waals surface area contributed by atoms with E-state index in [1.54, 1.807) is 0 Å². The van der Waals surface area contributed by atoms with E-state index in [2.05, 4.69) is 11.8 Å². The number of hydrogen-bond donors (Lipinski definition) is 1. The zero-order valence-corrected chi connectivity index (χ0v) is 10.0. The fourth-order valence-electron chi connectivity index (χ4n) is 2.47. The number of nitrogens with zero attached hydrogens (tertiary/aromatic N) is 1. The van der Waals surface area contributed by atoms with E-state index in [1.807, 2.05) is 6.92 Å². The van der Waals surface area contributed by atoms with Gasteiger partial charge in [0.15, 0.2) is 0 Å². The third-order valence-electron chi connectivity index (χ3n) is 3.41. The number of carbonyl (C=O) groups is 1. The van der Waals surface area contributed by atoms with Crippen LogP contribution in [0.5, 0.6) is 0 Å². The van der Waals surface area contributed by atoms with Crippen LogP contribution in [0.4, 0.5) is 0 Å². The smallest absolute Gasteiger partial charge is 0.225 e. The lowest BCUT2D eigenvalue weighted by molar-refractivity contribution is -0.137. The highest BCUT2D eigenvalue weighted by Gasteiger charge is 2.27. The third-order valence-corrected chi connectivity index (χ3v) is 3.41. The van der Waals surface area contributed by atoms with Crippen molar-refractivity contribution in [3.8, 4) is 0 Å². The maximum absolute atomic E-state index is 12.1. The van der Waals surface area contributed by atoms with Gasteiger partial charge in [-0.05, 0) is 32.7 Å². The molecule has 1 unspecified atom stereocenters. The van der Waals surface area contributed by atoms with Crippen molar-refractivity contribution in [3.05, 3.63) is 0 Å². The fourth-order valence-corrected chi connectivity index (χ4v) is 2.47. The molecule has 1 rings (SSSR count). The number of nitrogens with two attached hydrogens (primary N) is 1. The van der Waals surface area contributed by atoms with E-state index in [0.717, 1.165) is 13.0 Å². The summed E-state index contributed by atoms with van der Waals surface area (Å²) in [6.45, 7) is 5.52. The average Bonchev–Trinajstić information content (AvgIpc) is 2.72. The van der Waals surface area contributed by atoms with Gasteiger partial charge in [0.1, 0.15) is 0 Å². The Morgan fingerprint density at radius 1 is 1.47 bits per heavy atom. The molecular weight excluding hydrogens is 188 g/mol. The molecule has 0 aromatic heterocycles. The first-order valence-corrected chi connectivity index (χ1v) is 6.21. The molecule has 88 valence electrons. The molecule has 15 heavy (non-hydrogen) atoms. The van der Waals surface area contributed by atoms with Crippen molar-refractivity contribution in [2.75, 3.05) is 13.1 Å². The minimum atomic E-state index is 0.0931. The maximum Gasteiger partial charge on any atom is 0.225 e. The van der Waals surface area contributed by atoms with Crippen LogP contribution in [0.2, 0.25) is 0 Å². The Morgan fingerprint density at radius 2 is 2.07 bits per heavy atom. The Balaban J connectivity index is 2.52. The summed E-state index contributed by atoms with van der Waals surface area (Å²) in [7, 11) is 0. The largest absolute Gasteiger partial charge is 0.340 e. The van der Waals surface area contributed by atoms with Gasteiger partial charge in [-0.25, -0.2) is 0 Å². The van der Waals surface area contributed by atoms with E-state index < -0.39 is 0 Å². The zero-order chi connectivity index (χ0) is 11.3. The van der Waals surface area contributed by atoms with Gasteiger partial charge in [0.05, 0.1) is 0 Å². The van der Waals surface area contributed by atoms with E-state index in [1.165, 1.54) is 25.7 Å². The van der Waals surface area contributed by atoms with Gasteiger partial charge in [0.2, 0.25) is 5.91 Å². The maximum atomic E-state index is 12.1. The average molecular weight is 212 g/mol. The van der Waals surface area contributed by atoms with Gasteiger partial charge in [-0.15, -0.1) is 0 Å². The Morgan fingerprint density at radius 3 is 2.53 bits per heavy atom.